The minimum atomic E-state index is -0.343. The van der Waals surface area contributed by atoms with Gasteiger partial charge in [-0.2, -0.15) is 0 Å². The Morgan fingerprint density at radius 1 is 1.09 bits per heavy atom. The third-order valence-corrected chi connectivity index (χ3v) is 3.68. The van der Waals surface area contributed by atoms with Crippen molar-refractivity contribution in [2.75, 3.05) is 10.6 Å². The van der Waals surface area contributed by atoms with E-state index in [4.69, 9.17) is 11.6 Å². The number of anilines is 2. The number of amides is 2. The molecule has 0 aliphatic rings. The van der Waals surface area contributed by atoms with Crippen molar-refractivity contribution in [2.45, 2.75) is 6.92 Å². The molecule has 2 aromatic carbocycles. The average Bonchev–Trinajstić information content (AvgIpc) is 2.96. The Balaban J connectivity index is 1.68. The molecule has 0 atom stereocenters. The first-order valence-electron chi connectivity index (χ1n) is 7.06. The predicted molar refractivity (Wildman–Crippen MR) is 92.4 cm³/mol. The van der Waals surface area contributed by atoms with E-state index in [0.717, 1.165) is 11.5 Å². The van der Waals surface area contributed by atoms with Crippen LogP contribution in [-0.4, -0.2) is 15.6 Å². The molecule has 0 saturated heterocycles. The zero-order valence-corrected chi connectivity index (χ0v) is 13.2. The van der Waals surface area contributed by atoms with Crippen LogP contribution in [0.4, 0.5) is 16.2 Å². The SMILES string of the molecule is Cc1nccn1-c1ccc(NC(=O)Nc2ccccc2Cl)cc1. The Bertz CT molecular complexity index is 827. The summed E-state index contributed by atoms with van der Waals surface area (Å²) in [4.78, 5) is 16.2. The van der Waals surface area contributed by atoms with Gasteiger partial charge in [0.1, 0.15) is 5.82 Å². The number of nitrogens with zero attached hydrogens (tertiary/aromatic N) is 2. The number of carbonyl (C=O) groups excluding carboxylic acids is 1. The van der Waals surface area contributed by atoms with Crippen LogP contribution in [0.3, 0.4) is 0 Å². The lowest BCUT2D eigenvalue weighted by Crippen LogP contribution is -2.19. The monoisotopic (exact) mass is 326 g/mol. The number of hydrogen-bond acceptors (Lipinski definition) is 2. The molecule has 1 aromatic heterocycles. The van der Waals surface area contributed by atoms with Crippen LogP contribution in [0.1, 0.15) is 5.82 Å². The molecule has 0 saturated carbocycles. The van der Waals surface area contributed by atoms with Gasteiger partial charge >= 0.3 is 6.03 Å². The lowest BCUT2D eigenvalue weighted by atomic mass is 10.2. The number of para-hydroxylation sites is 1. The van der Waals surface area contributed by atoms with Crippen molar-refractivity contribution in [3.63, 3.8) is 0 Å². The van der Waals surface area contributed by atoms with Gasteiger partial charge in [-0.15, -0.1) is 0 Å². The summed E-state index contributed by atoms with van der Waals surface area (Å²) >= 11 is 6.01. The lowest BCUT2D eigenvalue weighted by Gasteiger charge is -2.10. The number of aryl methyl sites for hydroxylation is 1. The van der Waals surface area contributed by atoms with Gasteiger partial charge in [0, 0.05) is 23.8 Å². The van der Waals surface area contributed by atoms with Gasteiger partial charge in [-0.25, -0.2) is 9.78 Å². The normalized spacial score (nSPS) is 10.3. The first-order chi connectivity index (χ1) is 11.1. The topological polar surface area (TPSA) is 59.0 Å². The fourth-order valence-electron chi connectivity index (χ4n) is 2.20. The number of urea groups is 1. The highest BCUT2D eigenvalue weighted by Gasteiger charge is 2.06. The Labute approximate surface area is 138 Å². The summed E-state index contributed by atoms with van der Waals surface area (Å²) < 4.78 is 1.97. The van der Waals surface area contributed by atoms with E-state index in [2.05, 4.69) is 15.6 Å². The molecule has 116 valence electrons. The molecule has 3 aromatic rings. The Morgan fingerprint density at radius 3 is 2.48 bits per heavy atom. The number of benzene rings is 2. The second kappa shape index (κ2) is 6.54. The van der Waals surface area contributed by atoms with Gasteiger partial charge in [0.2, 0.25) is 0 Å². The molecule has 0 spiro atoms. The van der Waals surface area contributed by atoms with E-state index >= 15 is 0 Å². The first-order valence-corrected chi connectivity index (χ1v) is 7.44. The molecule has 5 nitrogen and oxygen atoms in total. The van der Waals surface area contributed by atoms with E-state index in [9.17, 15) is 4.79 Å². The van der Waals surface area contributed by atoms with E-state index in [1.807, 2.05) is 54.1 Å². The summed E-state index contributed by atoms with van der Waals surface area (Å²) in [7, 11) is 0. The molecule has 0 aliphatic carbocycles. The quantitative estimate of drug-likeness (QED) is 0.745. The number of imidazole rings is 1. The number of rotatable bonds is 3. The minimum absolute atomic E-state index is 0.343. The van der Waals surface area contributed by atoms with E-state index in [-0.39, 0.29) is 6.03 Å². The van der Waals surface area contributed by atoms with E-state index in [0.29, 0.717) is 16.4 Å². The van der Waals surface area contributed by atoms with Crippen LogP contribution in [0, 0.1) is 6.92 Å². The summed E-state index contributed by atoms with van der Waals surface area (Å²) in [5.74, 6) is 0.905. The van der Waals surface area contributed by atoms with Gasteiger partial charge < -0.3 is 15.2 Å². The van der Waals surface area contributed by atoms with Gasteiger partial charge in [-0.3, -0.25) is 0 Å². The van der Waals surface area contributed by atoms with Gasteiger partial charge in [0.15, 0.2) is 0 Å². The highest BCUT2D eigenvalue weighted by Crippen LogP contribution is 2.21. The van der Waals surface area contributed by atoms with Crippen LogP contribution >= 0.6 is 11.6 Å². The predicted octanol–water partition coefficient (Wildman–Crippen LogP) is 4.48. The third-order valence-electron chi connectivity index (χ3n) is 3.35. The highest BCUT2D eigenvalue weighted by molar-refractivity contribution is 6.33. The fraction of sp³-hybridized carbons (Fsp3) is 0.0588. The van der Waals surface area contributed by atoms with Gasteiger partial charge in [0.05, 0.1) is 10.7 Å². The largest absolute Gasteiger partial charge is 0.323 e. The maximum atomic E-state index is 12.0. The zero-order chi connectivity index (χ0) is 16.2. The lowest BCUT2D eigenvalue weighted by molar-refractivity contribution is 0.262. The summed E-state index contributed by atoms with van der Waals surface area (Å²) in [6.45, 7) is 1.93. The first kappa shape index (κ1) is 15.1. The van der Waals surface area contributed by atoms with Gasteiger partial charge in [-0.05, 0) is 43.3 Å². The molecule has 0 unspecified atom stereocenters. The van der Waals surface area contributed by atoms with Crippen molar-refractivity contribution in [1.29, 1.82) is 0 Å². The average molecular weight is 327 g/mol. The van der Waals surface area contributed by atoms with Gasteiger partial charge in [0.25, 0.3) is 0 Å². The fourth-order valence-corrected chi connectivity index (χ4v) is 2.39. The highest BCUT2D eigenvalue weighted by atomic mass is 35.5. The summed E-state index contributed by atoms with van der Waals surface area (Å²) in [6.07, 6.45) is 3.64. The number of aromatic nitrogens is 2. The van der Waals surface area contributed by atoms with Crippen LogP contribution in [0.15, 0.2) is 60.9 Å². The number of nitrogens with one attached hydrogen (secondary N) is 2. The van der Waals surface area contributed by atoms with Crippen molar-refractivity contribution >= 4 is 29.0 Å². The molecule has 23 heavy (non-hydrogen) atoms. The molecular formula is C17H15ClN4O. The zero-order valence-electron chi connectivity index (χ0n) is 12.5. The molecule has 0 aliphatic heterocycles. The van der Waals surface area contributed by atoms with Crippen molar-refractivity contribution in [1.82, 2.24) is 9.55 Å². The summed E-state index contributed by atoms with van der Waals surface area (Å²) in [6, 6.07) is 14.2. The van der Waals surface area contributed by atoms with Crippen molar-refractivity contribution in [3.8, 4) is 5.69 Å². The van der Waals surface area contributed by atoms with Crippen LogP contribution in [0.5, 0.6) is 0 Å². The molecule has 0 fully saturated rings. The Morgan fingerprint density at radius 2 is 1.83 bits per heavy atom. The van der Waals surface area contributed by atoms with Gasteiger partial charge in [-0.1, -0.05) is 23.7 Å². The minimum Gasteiger partial charge on any atom is -0.308 e. The van der Waals surface area contributed by atoms with Crippen LogP contribution in [0.2, 0.25) is 5.02 Å². The van der Waals surface area contributed by atoms with Crippen molar-refractivity contribution < 1.29 is 4.79 Å². The van der Waals surface area contributed by atoms with E-state index < -0.39 is 0 Å². The molecule has 0 bridgehead atoms. The second-order valence-corrected chi connectivity index (χ2v) is 5.36. The van der Waals surface area contributed by atoms with Crippen molar-refractivity contribution in [2.24, 2.45) is 0 Å². The summed E-state index contributed by atoms with van der Waals surface area (Å²) in [5.41, 5.74) is 2.24. The van der Waals surface area contributed by atoms with Crippen LogP contribution < -0.4 is 10.6 Å². The van der Waals surface area contributed by atoms with E-state index in [1.165, 1.54) is 0 Å². The molecule has 0 radical (unpaired) electrons. The number of hydrogen-bond donors (Lipinski definition) is 2. The van der Waals surface area contributed by atoms with Crippen molar-refractivity contribution in [3.05, 3.63) is 71.8 Å². The third kappa shape index (κ3) is 3.52. The van der Waals surface area contributed by atoms with E-state index in [1.54, 1.807) is 18.3 Å². The standard InChI is InChI=1S/C17H15ClN4O/c1-12-19-10-11-22(12)14-8-6-13(7-9-14)20-17(23)21-16-5-3-2-4-15(16)18/h2-11H,1H3,(H2,20,21,23). The molecule has 3 rings (SSSR count). The molecule has 6 heteroatoms. The summed E-state index contributed by atoms with van der Waals surface area (Å²) in [5, 5.41) is 5.98. The second-order valence-electron chi connectivity index (χ2n) is 4.95. The van der Waals surface area contributed by atoms with Crippen LogP contribution in [0.25, 0.3) is 5.69 Å². The number of carbonyl (C=O) groups is 1. The Kier molecular flexibility index (Phi) is 4.30. The van der Waals surface area contributed by atoms with Crippen LogP contribution in [-0.2, 0) is 0 Å². The molecule has 1 heterocycles. The Hall–Kier alpha value is -2.79. The molecular weight excluding hydrogens is 312 g/mol. The molecule has 2 amide bonds. The maximum Gasteiger partial charge on any atom is 0.323 e. The maximum absolute atomic E-state index is 12.0. The smallest absolute Gasteiger partial charge is 0.308 e. The number of halogens is 1. The molecule has 2 N–H and O–H groups in total.